The van der Waals surface area contributed by atoms with Gasteiger partial charge in [0.15, 0.2) is 5.82 Å². The monoisotopic (exact) mass is 549 g/mol. The number of aromatic nitrogens is 5. The first-order valence-electron chi connectivity index (χ1n) is 14.3. The Kier molecular flexibility index (Phi) is 5.13. The lowest BCUT2D eigenvalue weighted by Gasteiger charge is -2.12. The van der Waals surface area contributed by atoms with Crippen LogP contribution in [0.15, 0.2) is 140 Å². The summed E-state index contributed by atoms with van der Waals surface area (Å²) in [5, 5.41) is 4.40. The average molecular weight is 550 g/mol. The van der Waals surface area contributed by atoms with Gasteiger partial charge >= 0.3 is 0 Å². The number of rotatable bonds is 3. The highest BCUT2D eigenvalue weighted by atomic mass is 15.1. The largest absolute Gasteiger partial charge is 0.292 e. The van der Waals surface area contributed by atoms with Crippen LogP contribution in [0.5, 0.6) is 0 Å². The molecule has 6 aromatic carbocycles. The summed E-state index contributed by atoms with van der Waals surface area (Å²) < 4.78 is 2.19. The Morgan fingerprint density at radius 1 is 0.395 bits per heavy atom. The second kappa shape index (κ2) is 9.29. The standard InChI is InChI=1S/C38H23N5/c1-2-11-24(12-3-1)25-13-10-14-26(21-25)31-22-39-35-29-17-4-5-18-30(29)36-38(37(35)41-31)42-34(23-40-36)43-32-19-8-6-15-27(32)28-16-7-9-20-33(28)43/h1-23H. The lowest BCUT2D eigenvalue weighted by molar-refractivity contribution is 1.08. The number of nitrogens with zero attached hydrogens (tertiary/aromatic N) is 5. The summed E-state index contributed by atoms with van der Waals surface area (Å²) >= 11 is 0. The number of benzene rings is 6. The number of para-hydroxylation sites is 2. The molecule has 0 aliphatic heterocycles. The molecule has 0 atom stereocenters. The third kappa shape index (κ3) is 3.65. The van der Waals surface area contributed by atoms with Gasteiger partial charge in [-0.05, 0) is 29.3 Å². The third-order valence-corrected chi connectivity index (χ3v) is 8.27. The lowest BCUT2D eigenvalue weighted by atomic mass is 10.0. The average Bonchev–Trinajstić information content (AvgIpc) is 3.43. The summed E-state index contributed by atoms with van der Waals surface area (Å²) in [5.74, 6) is 0.750. The summed E-state index contributed by atoms with van der Waals surface area (Å²) in [5.41, 5.74) is 9.39. The van der Waals surface area contributed by atoms with Crippen LogP contribution in [0, 0.1) is 0 Å². The van der Waals surface area contributed by atoms with E-state index in [2.05, 4.69) is 114 Å². The van der Waals surface area contributed by atoms with E-state index in [1.807, 2.05) is 30.6 Å². The van der Waals surface area contributed by atoms with Crippen LogP contribution in [0.4, 0.5) is 0 Å². The van der Waals surface area contributed by atoms with Crippen LogP contribution in [-0.2, 0) is 0 Å². The summed E-state index contributed by atoms with van der Waals surface area (Å²) in [4.78, 5) is 20.6. The van der Waals surface area contributed by atoms with Gasteiger partial charge in [-0.2, -0.15) is 0 Å². The van der Waals surface area contributed by atoms with Gasteiger partial charge in [-0.1, -0.05) is 109 Å². The predicted molar refractivity (Wildman–Crippen MR) is 175 cm³/mol. The summed E-state index contributed by atoms with van der Waals surface area (Å²) in [6, 6.07) is 44.0. The van der Waals surface area contributed by atoms with Gasteiger partial charge < -0.3 is 0 Å². The van der Waals surface area contributed by atoms with Crippen molar-refractivity contribution < 1.29 is 0 Å². The molecule has 0 aliphatic rings. The third-order valence-electron chi connectivity index (χ3n) is 8.27. The number of fused-ring (bicyclic) bond motifs is 9. The molecule has 43 heavy (non-hydrogen) atoms. The zero-order valence-electron chi connectivity index (χ0n) is 23.0. The molecular weight excluding hydrogens is 526 g/mol. The Balaban J connectivity index is 1.33. The fourth-order valence-corrected chi connectivity index (χ4v) is 6.29. The first-order valence-corrected chi connectivity index (χ1v) is 14.3. The van der Waals surface area contributed by atoms with Crippen LogP contribution >= 0.6 is 0 Å². The Morgan fingerprint density at radius 3 is 1.63 bits per heavy atom. The van der Waals surface area contributed by atoms with Crippen molar-refractivity contribution in [1.29, 1.82) is 0 Å². The van der Waals surface area contributed by atoms with Crippen molar-refractivity contribution >= 4 is 54.6 Å². The van der Waals surface area contributed by atoms with E-state index in [9.17, 15) is 0 Å². The van der Waals surface area contributed by atoms with E-state index in [1.165, 1.54) is 10.8 Å². The molecule has 0 saturated carbocycles. The highest BCUT2D eigenvalue weighted by Gasteiger charge is 2.18. The molecule has 200 valence electrons. The molecule has 9 aromatic rings. The van der Waals surface area contributed by atoms with Crippen LogP contribution in [0.2, 0.25) is 0 Å². The number of hydrogen-bond acceptors (Lipinski definition) is 4. The van der Waals surface area contributed by atoms with Gasteiger partial charge in [-0.15, -0.1) is 0 Å². The molecular formula is C38H23N5. The molecule has 0 aliphatic carbocycles. The minimum atomic E-state index is 0.738. The Bertz CT molecular complexity index is 2460. The molecule has 0 N–H and O–H groups in total. The van der Waals surface area contributed by atoms with Crippen LogP contribution in [0.25, 0.3) is 82.8 Å². The number of hydrogen-bond donors (Lipinski definition) is 0. The van der Waals surface area contributed by atoms with Gasteiger partial charge in [-0.3, -0.25) is 9.55 Å². The summed E-state index contributed by atoms with van der Waals surface area (Å²) in [7, 11) is 0. The molecule has 3 aromatic heterocycles. The fraction of sp³-hybridized carbons (Fsp3) is 0. The van der Waals surface area contributed by atoms with Crippen LogP contribution in [-0.4, -0.2) is 24.5 Å². The van der Waals surface area contributed by atoms with E-state index in [0.29, 0.717) is 0 Å². The van der Waals surface area contributed by atoms with Gasteiger partial charge in [0.1, 0.15) is 11.0 Å². The van der Waals surface area contributed by atoms with E-state index >= 15 is 0 Å². The molecule has 5 heteroatoms. The minimum Gasteiger partial charge on any atom is -0.292 e. The van der Waals surface area contributed by atoms with Gasteiger partial charge in [-0.25, -0.2) is 15.0 Å². The van der Waals surface area contributed by atoms with Crippen molar-refractivity contribution in [2.75, 3.05) is 0 Å². The molecule has 0 amide bonds. The van der Waals surface area contributed by atoms with Crippen LogP contribution in [0.1, 0.15) is 0 Å². The highest BCUT2D eigenvalue weighted by Crippen LogP contribution is 2.35. The van der Waals surface area contributed by atoms with E-state index in [1.54, 1.807) is 0 Å². The van der Waals surface area contributed by atoms with Crippen LogP contribution < -0.4 is 0 Å². The first-order chi connectivity index (χ1) is 21.3. The predicted octanol–water partition coefficient (Wildman–Crippen LogP) is 9.16. The second-order valence-corrected chi connectivity index (χ2v) is 10.7. The van der Waals surface area contributed by atoms with Gasteiger partial charge in [0, 0.05) is 27.1 Å². The first kappa shape index (κ1) is 23.7. The fourth-order valence-electron chi connectivity index (χ4n) is 6.29. The van der Waals surface area contributed by atoms with Gasteiger partial charge in [0.05, 0.1) is 40.2 Å². The van der Waals surface area contributed by atoms with Crippen molar-refractivity contribution in [3.8, 4) is 28.2 Å². The van der Waals surface area contributed by atoms with E-state index in [4.69, 9.17) is 19.9 Å². The quantitative estimate of drug-likeness (QED) is 0.206. The molecule has 0 bridgehead atoms. The minimum absolute atomic E-state index is 0.738. The Morgan fingerprint density at radius 2 is 0.930 bits per heavy atom. The van der Waals surface area contributed by atoms with Crippen molar-refractivity contribution in [1.82, 2.24) is 24.5 Å². The second-order valence-electron chi connectivity index (χ2n) is 10.7. The molecule has 5 nitrogen and oxygen atoms in total. The zero-order valence-corrected chi connectivity index (χ0v) is 23.0. The van der Waals surface area contributed by atoms with Gasteiger partial charge in [0.25, 0.3) is 0 Å². The van der Waals surface area contributed by atoms with E-state index < -0.39 is 0 Å². The maximum Gasteiger partial charge on any atom is 0.157 e. The molecule has 9 rings (SSSR count). The summed E-state index contributed by atoms with van der Waals surface area (Å²) in [6.07, 6.45) is 3.75. The molecule has 0 unspecified atom stereocenters. The van der Waals surface area contributed by atoms with Crippen molar-refractivity contribution in [2.24, 2.45) is 0 Å². The normalized spacial score (nSPS) is 11.7. The molecule has 0 fully saturated rings. The molecule has 3 heterocycles. The molecule has 0 spiro atoms. The smallest absolute Gasteiger partial charge is 0.157 e. The topological polar surface area (TPSA) is 56.5 Å². The highest BCUT2D eigenvalue weighted by molar-refractivity contribution is 6.21. The zero-order chi connectivity index (χ0) is 28.3. The maximum atomic E-state index is 5.29. The molecule has 0 saturated heterocycles. The van der Waals surface area contributed by atoms with E-state index in [-0.39, 0.29) is 0 Å². The summed E-state index contributed by atoms with van der Waals surface area (Å²) in [6.45, 7) is 0. The van der Waals surface area contributed by atoms with Gasteiger partial charge in [0.2, 0.25) is 0 Å². The lowest BCUT2D eigenvalue weighted by Crippen LogP contribution is -2.01. The van der Waals surface area contributed by atoms with E-state index in [0.717, 1.165) is 72.1 Å². The maximum absolute atomic E-state index is 5.29. The Hall–Kier alpha value is -5.94. The van der Waals surface area contributed by atoms with Crippen molar-refractivity contribution in [3.63, 3.8) is 0 Å². The molecule has 0 radical (unpaired) electrons. The SMILES string of the molecule is c1ccc(-c2cccc(-c3cnc4c5ccccc5c5ncc(-n6c7ccccc7c7ccccc76)nc5c4n3)c2)cc1. The van der Waals surface area contributed by atoms with Crippen molar-refractivity contribution in [2.45, 2.75) is 0 Å². The van der Waals surface area contributed by atoms with Crippen LogP contribution in [0.3, 0.4) is 0 Å². The van der Waals surface area contributed by atoms with Crippen molar-refractivity contribution in [3.05, 3.63) is 140 Å². The Labute approximate surface area is 246 Å².